The molecule has 3 N–H and O–H groups in total. The van der Waals surface area contributed by atoms with E-state index in [1.54, 1.807) is 36.4 Å². The lowest BCUT2D eigenvalue weighted by Gasteiger charge is -2.47. The molecule has 0 bridgehead atoms. The van der Waals surface area contributed by atoms with Crippen LogP contribution in [0.5, 0.6) is 0 Å². The molecule has 0 saturated carbocycles. The average molecular weight is 469 g/mol. The highest BCUT2D eigenvalue weighted by atomic mass is 35.5. The van der Waals surface area contributed by atoms with Crippen molar-refractivity contribution in [3.05, 3.63) is 64.2 Å². The molecule has 0 spiro atoms. The van der Waals surface area contributed by atoms with Crippen molar-refractivity contribution in [3.63, 3.8) is 0 Å². The highest BCUT2D eigenvalue weighted by Gasteiger charge is 2.43. The van der Waals surface area contributed by atoms with Gasteiger partial charge in [-0.2, -0.15) is 0 Å². The first-order valence-corrected chi connectivity index (χ1v) is 11.6. The largest absolute Gasteiger partial charge is 0.342 e. The van der Waals surface area contributed by atoms with Crippen molar-refractivity contribution in [2.75, 3.05) is 18.9 Å². The van der Waals surface area contributed by atoms with Crippen LogP contribution in [-0.4, -0.2) is 48.4 Å². The molecule has 2 aromatic rings. The van der Waals surface area contributed by atoms with Crippen LogP contribution in [-0.2, 0) is 4.79 Å². The van der Waals surface area contributed by atoms with E-state index in [-0.39, 0.29) is 17.9 Å². The number of amides is 4. The number of imide groups is 1. The Balaban J connectivity index is 1.49. The molecule has 4 atom stereocenters. The van der Waals surface area contributed by atoms with Crippen molar-refractivity contribution < 1.29 is 14.4 Å². The molecule has 7 nitrogen and oxygen atoms in total. The zero-order chi connectivity index (χ0) is 23.7. The maximum atomic E-state index is 13.3. The van der Waals surface area contributed by atoms with Crippen molar-refractivity contribution in [2.45, 2.75) is 44.7 Å². The van der Waals surface area contributed by atoms with Crippen LogP contribution in [0, 0.1) is 12.8 Å². The molecule has 2 fully saturated rings. The summed E-state index contributed by atoms with van der Waals surface area (Å²) in [6.07, 6.45) is 1.69. The second-order valence-corrected chi connectivity index (χ2v) is 9.53. The monoisotopic (exact) mass is 468 g/mol. The van der Waals surface area contributed by atoms with Crippen molar-refractivity contribution in [1.29, 1.82) is 0 Å². The molecule has 4 unspecified atom stereocenters. The summed E-state index contributed by atoms with van der Waals surface area (Å²) in [5, 5.41) is 9.04. The van der Waals surface area contributed by atoms with Crippen LogP contribution in [0.4, 0.5) is 10.5 Å². The molecule has 174 valence electrons. The van der Waals surface area contributed by atoms with Gasteiger partial charge in [-0.3, -0.25) is 14.9 Å². The highest BCUT2D eigenvalue weighted by Crippen LogP contribution is 2.38. The van der Waals surface area contributed by atoms with Crippen LogP contribution >= 0.6 is 11.6 Å². The third-order valence-corrected chi connectivity index (χ3v) is 7.05. The van der Waals surface area contributed by atoms with Crippen LogP contribution in [0.15, 0.2) is 42.5 Å². The molecule has 2 aromatic carbocycles. The minimum absolute atomic E-state index is 0.0893. The summed E-state index contributed by atoms with van der Waals surface area (Å²) in [6.45, 7) is 4.98. The normalized spacial score (nSPS) is 24.7. The Bertz CT molecular complexity index is 1070. The molecule has 8 heteroatoms. The maximum Gasteiger partial charge on any atom is 0.326 e. The van der Waals surface area contributed by atoms with Gasteiger partial charge < -0.3 is 15.5 Å². The molecule has 0 aliphatic carbocycles. The fourth-order valence-corrected chi connectivity index (χ4v) is 5.07. The summed E-state index contributed by atoms with van der Waals surface area (Å²) in [7, 11) is 1.89. The van der Waals surface area contributed by atoms with Gasteiger partial charge in [-0.05, 0) is 80.1 Å². The Hall–Kier alpha value is -2.90. The number of carbonyl (C=O) groups excluding carboxylic acids is 3. The Morgan fingerprint density at radius 1 is 1.12 bits per heavy atom. The molecule has 2 saturated heterocycles. The Labute approximate surface area is 198 Å². The van der Waals surface area contributed by atoms with Crippen LogP contribution in [0.1, 0.15) is 47.2 Å². The molecule has 4 amide bonds. The van der Waals surface area contributed by atoms with Gasteiger partial charge in [0.25, 0.3) is 5.91 Å². The number of urea groups is 1. The van der Waals surface area contributed by atoms with Gasteiger partial charge in [0.1, 0.15) is 0 Å². The molecule has 2 heterocycles. The predicted octanol–water partition coefficient (Wildman–Crippen LogP) is 3.92. The minimum Gasteiger partial charge on any atom is -0.342 e. The van der Waals surface area contributed by atoms with Crippen molar-refractivity contribution in [2.24, 2.45) is 5.92 Å². The number of likely N-dealkylation sites (tertiary alicyclic amines) is 1. The summed E-state index contributed by atoms with van der Waals surface area (Å²) in [5.74, 6) is -0.366. The number of hydrogen-bond donors (Lipinski definition) is 3. The lowest BCUT2D eigenvalue weighted by Crippen LogP contribution is -2.57. The molecule has 4 rings (SSSR count). The number of hydrogen-bond acceptors (Lipinski definition) is 4. The first-order valence-electron chi connectivity index (χ1n) is 11.2. The maximum absolute atomic E-state index is 13.3. The van der Waals surface area contributed by atoms with Gasteiger partial charge in [-0.25, -0.2) is 4.79 Å². The molecule has 2 aliphatic rings. The molecule has 33 heavy (non-hydrogen) atoms. The fraction of sp³-hybridized carbons (Fsp3) is 0.400. The number of halogens is 1. The van der Waals surface area contributed by atoms with Gasteiger partial charge in [0.05, 0.1) is 5.92 Å². The third-order valence-electron chi connectivity index (χ3n) is 6.80. The lowest BCUT2D eigenvalue weighted by atomic mass is 9.75. The molecular formula is C25H29ClN4O3. The topological polar surface area (TPSA) is 90.5 Å². The number of carbonyl (C=O) groups is 3. The number of rotatable bonds is 3. The van der Waals surface area contributed by atoms with E-state index in [9.17, 15) is 14.4 Å². The fourth-order valence-electron chi connectivity index (χ4n) is 4.94. The van der Waals surface area contributed by atoms with E-state index in [1.165, 1.54) is 0 Å². The number of benzene rings is 2. The van der Waals surface area contributed by atoms with Crippen LogP contribution in [0.2, 0.25) is 5.02 Å². The number of nitrogens with zero attached hydrogens (tertiary/aromatic N) is 1. The number of fused-ring (bicyclic) bond motifs is 1. The first-order chi connectivity index (χ1) is 15.7. The van der Waals surface area contributed by atoms with Crippen LogP contribution in [0.3, 0.4) is 0 Å². The van der Waals surface area contributed by atoms with Crippen molar-refractivity contribution in [3.8, 4) is 0 Å². The molecule has 2 aliphatic heterocycles. The van der Waals surface area contributed by atoms with Gasteiger partial charge >= 0.3 is 6.03 Å². The SMILES string of the molecule is Cc1ccc(C(=O)NC(=O)Nc2ccc(Cl)cc2)cc1C1CC2CNC(C)CC2N(C)C1=O. The van der Waals surface area contributed by atoms with Crippen LogP contribution in [0.25, 0.3) is 0 Å². The van der Waals surface area contributed by atoms with E-state index in [0.717, 1.165) is 30.5 Å². The van der Waals surface area contributed by atoms with E-state index in [4.69, 9.17) is 11.6 Å². The van der Waals surface area contributed by atoms with E-state index in [2.05, 4.69) is 22.9 Å². The number of likely N-dealkylation sites (N-methyl/N-ethyl adjacent to an activating group) is 1. The number of aryl methyl sites for hydroxylation is 1. The standard InChI is InChI=1S/C25H29ClN4O3/c1-14-4-5-16(23(31)29-25(33)28-19-8-6-18(26)7-9-19)11-20(14)21-12-17-13-27-15(2)10-22(17)30(3)24(21)32/h4-9,11,15,17,21-22,27H,10,12-13H2,1-3H3,(H2,28,29,31,33). The Morgan fingerprint density at radius 2 is 1.85 bits per heavy atom. The number of nitrogens with one attached hydrogen (secondary N) is 3. The predicted molar refractivity (Wildman–Crippen MR) is 129 cm³/mol. The zero-order valence-corrected chi connectivity index (χ0v) is 19.8. The summed E-state index contributed by atoms with van der Waals surface area (Å²) in [5.41, 5.74) is 2.67. The smallest absolute Gasteiger partial charge is 0.326 e. The Kier molecular flexibility index (Phi) is 6.72. The van der Waals surface area contributed by atoms with E-state index < -0.39 is 11.9 Å². The van der Waals surface area contributed by atoms with Crippen molar-refractivity contribution in [1.82, 2.24) is 15.5 Å². The summed E-state index contributed by atoms with van der Waals surface area (Å²) < 4.78 is 0. The average Bonchev–Trinajstić information content (AvgIpc) is 2.78. The van der Waals surface area contributed by atoms with Crippen molar-refractivity contribution >= 4 is 35.1 Å². The highest BCUT2D eigenvalue weighted by molar-refractivity contribution is 6.30. The minimum atomic E-state index is -0.636. The summed E-state index contributed by atoms with van der Waals surface area (Å²) >= 11 is 5.85. The number of piperidine rings is 2. The first kappa shape index (κ1) is 23.3. The molecule has 0 radical (unpaired) electrons. The second kappa shape index (κ2) is 9.53. The molecular weight excluding hydrogens is 440 g/mol. The molecule has 0 aromatic heterocycles. The third kappa shape index (κ3) is 5.04. The quantitative estimate of drug-likeness (QED) is 0.636. The van der Waals surface area contributed by atoms with Gasteiger partial charge in [0.15, 0.2) is 0 Å². The number of anilines is 1. The zero-order valence-electron chi connectivity index (χ0n) is 19.0. The summed E-state index contributed by atoms with van der Waals surface area (Å²) in [4.78, 5) is 40.2. The van der Waals surface area contributed by atoms with Gasteiger partial charge in [-0.15, -0.1) is 0 Å². The lowest BCUT2D eigenvalue weighted by molar-refractivity contribution is -0.140. The van der Waals surface area contributed by atoms with Gasteiger partial charge in [0.2, 0.25) is 5.91 Å². The van der Waals surface area contributed by atoms with Crippen LogP contribution < -0.4 is 16.0 Å². The summed E-state index contributed by atoms with van der Waals surface area (Å²) in [6, 6.07) is 11.9. The van der Waals surface area contributed by atoms with E-state index in [1.807, 2.05) is 24.9 Å². The van der Waals surface area contributed by atoms with E-state index >= 15 is 0 Å². The second-order valence-electron chi connectivity index (χ2n) is 9.10. The van der Waals surface area contributed by atoms with E-state index in [0.29, 0.717) is 28.2 Å². The van der Waals surface area contributed by atoms with Gasteiger partial charge in [-0.1, -0.05) is 17.7 Å². The Morgan fingerprint density at radius 3 is 2.58 bits per heavy atom. The van der Waals surface area contributed by atoms with Gasteiger partial charge in [0, 0.05) is 41.9 Å².